The second-order valence-corrected chi connectivity index (χ2v) is 4.83. The van der Waals surface area contributed by atoms with Crippen molar-refractivity contribution in [2.45, 2.75) is 19.6 Å². The van der Waals surface area contributed by atoms with E-state index >= 15 is 0 Å². The zero-order valence-electron chi connectivity index (χ0n) is 12.2. The molecule has 2 aromatic rings. The van der Waals surface area contributed by atoms with Gasteiger partial charge in [-0.25, -0.2) is 4.98 Å². The summed E-state index contributed by atoms with van der Waals surface area (Å²) in [5.74, 6) is 1.93. The van der Waals surface area contributed by atoms with E-state index in [1.165, 1.54) is 0 Å². The number of halogens is 1. The van der Waals surface area contributed by atoms with Crippen molar-refractivity contribution in [1.29, 1.82) is 0 Å². The Balaban J connectivity index is 0.00000176. The van der Waals surface area contributed by atoms with E-state index < -0.39 is 0 Å². The monoisotopic (exact) mass is 323 g/mol. The van der Waals surface area contributed by atoms with Gasteiger partial charge in [0.1, 0.15) is 23.9 Å². The van der Waals surface area contributed by atoms with Crippen LogP contribution in [0, 0.1) is 0 Å². The van der Waals surface area contributed by atoms with E-state index in [-0.39, 0.29) is 24.6 Å². The molecule has 0 saturated heterocycles. The third-order valence-corrected chi connectivity index (χ3v) is 3.41. The van der Waals surface area contributed by atoms with Crippen molar-refractivity contribution >= 4 is 12.4 Å². The van der Waals surface area contributed by atoms with Gasteiger partial charge in [-0.3, -0.25) is 4.79 Å². The summed E-state index contributed by atoms with van der Waals surface area (Å²) in [6, 6.07) is 7.32. The Morgan fingerprint density at radius 2 is 2.14 bits per heavy atom. The van der Waals surface area contributed by atoms with Gasteiger partial charge >= 0.3 is 0 Å². The van der Waals surface area contributed by atoms with Crippen molar-refractivity contribution < 1.29 is 9.47 Å². The fraction of sp³-hybridized carbons (Fsp3) is 0.333. The molecular weight excluding hydrogens is 306 g/mol. The molecule has 1 aromatic heterocycles. The number of ether oxygens (including phenoxy) is 2. The number of nitrogens with zero attached hydrogens (tertiary/aromatic N) is 1. The molecule has 3 rings (SSSR count). The Morgan fingerprint density at radius 3 is 2.95 bits per heavy atom. The molecule has 1 aliphatic rings. The van der Waals surface area contributed by atoms with Gasteiger partial charge in [0, 0.05) is 18.2 Å². The lowest BCUT2D eigenvalue weighted by Gasteiger charge is -2.16. The molecule has 0 spiro atoms. The lowest BCUT2D eigenvalue weighted by Crippen LogP contribution is -2.32. The van der Waals surface area contributed by atoms with Gasteiger partial charge < -0.3 is 19.8 Å². The number of benzene rings is 1. The first-order valence-electron chi connectivity index (χ1n) is 6.85. The van der Waals surface area contributed by atoms with Crippen LogP contribution in [0.15, 0.2) is 29.1 Å². The Labute approximate surface area is 134 Å². The minimum Gasteiger partial charge on any atom is -0.497 e. The van der Waals surface area contributed by atoms with Crippen LogP contribution in [0.25, 0.3) is 0 Å². The van der Waals surface area contributed by atoms with E-state index in [1.807, 2.05) is 18.2 Å². The van der Waals surface area contributed by atoms with Crippen LogP contribution in [0.2, 0.25) is 0 Å². The van der Waals surface area contributed by atoms with Gasteiger partial charge in [0.15, 0.2) is 0 Å². The first-order valence-corrected chi connectivity index (χ1v) is 6.85. The van der Waals surface area contributed by atoms with Crippen molar-refractivity contribution in [3.8, 4) is 11.5 Å². The summed E-state index contributed by atoms with van der Waals surface area (Å²) in [5, 5.41) is 3.21. The molecule has 6 nitrogen and oxygen atoms in total. The quantitative estimate of drug-likeness (QED) is 0.890. The van der Waals surface area contributed by atoms with Crippen LogP contribution in [0.5, 0.6) is 11.5 Å². The van der Waals surface area contributed by atoms with Gasteiger partial charge in [-0.05, 0) is 25.1 Å². The average Bonchev–Trinajstić information content (AvgIpc) is 2.53. The lowest BCUT2D eigenvalue weighted by atomic mass is 10.1. The van der Waals surface area contributed by atoms with Crippen LogP contribution in [0.4, 0.5) is 0 Å². The molecule has 0 saturated carbocycles. The second kappa shape index (κ2) is 7.29. The van der Waals surface area contributed by atoms with E-state index in [2.05, 4.69) is 15.3 Å². The Morgan fingerprint density at radius 1 is 1.32 bits per heavy atom. The molecule has 118 valence electrons. The van der Waals surface area contributed by atoms with Crippen molar-refractivity contribution in [3.63, 3.8) is 0 Å². The maximum atomic E-state index is 12.0. The molecule has 0 aliphatic carbocycles. The van der Waals surface area contributed by atoms with E-state index in [4.69, 9.17) is 9.47 Å². The molecule has 7 heteroatoms. The summed E-state index contributed by atoms with van der Waals surface area (Å²) >= 11 is 0. The minimum absolute atomic E-state index is 0. The molecule has 2 heterocycles. The number of aromatic amines is 1. The minimum atomic E-state index is -0.0641. The summed E-state index contributed by atoms with van der Waals surface area (Å²) in [6.07, 6.45) is 0.717. The number of hydrogen-bond acceptors (Lipinski definition) is 5. The SMILES string of the molecule is COc1cccc(OCc2nc3c(c(=O)[nH]2)CCNC3)c1.Cl. The predicted octanol–water partition coefficient (Wildman–Crippen LogP) is 1.42. The van der Waals surface area contributed by atoms with Crippen molar-refractivity contribution in [2.75, 3.05) is 13.7 Å². The van der Waals surface area contributed by atoms with Gasteiger partial charge in [-0.15, -0.1) is 12.4 Å². The molecule has 2 N–H and O–H groups in total. The summed E-state index contributed by atoms with van der Waals surface area (Å²) in [7, 11) is 1.61. The van der Waals surface area contributed by atoms with Crippen molar-refractivity contribution in [2.24, 2.45) is 0 Å². The van der Waals surface area contributed by atoms with Crippen LogP contribution in [-0.4, -0.2) is 23.6 Å². The van der Waals surface area contributed by atoms with Gasteiger partial charge in [-0.1, -0.05) is 6.07 Å². The van der Waals surface area contributed by atoms with E-state index in [1.54, 1.807) is 13.2 Å². The zero-order valence-corrected chi connectivity index (χ0v) is 13.0. The number of hydrogen-bond donors (Lipinski definition) is 2. The van der Waals surface area contributed by atoms with Crippen molar-refractivity contribution in [3.05, 3.63) is 51.7 Å². The van der Waals surface area contributed by atoms with Crippen LogP contribution in [0.1, 0.15) is 17.1 Å². The highest BCUT2D eigenvalue weighted by molar-refractivity contribution is 5.85. The average molecular weight is 324 g/mol. The highest BCUT2D eigenvalue weighted by atomic mass is 35.5. The third kappa shape index (κ3) is 3.58. The molecular formula is C15H18ClN3O3. The highest BCUT2D eigenvalue weighted by Gasteiger charge is 2.15. The number of H-pyrrole nitrogens is 1. The van der Waals surface area contributed by atoms with Gasteiger partial charge in [-0.2, -0.15) is 0 Å². The van der Waals surface area contributed by atoms with E-state index in [9.17, 15) is 4.79 Å². The maximum absolute atomic E-state index is 12.0. The normalized spacial score (nSPS) is 13.0. The molecule has 0 bridgehead atoms. The molecule has 0 unspecified atom stereocenters. The summed E-state index contributed by atoms with van der Waals surface area (Å²) in [4.78, 5) is 19.2. The van der Waals surface area contributed by atoms with Crippen LogP contribution >= 0.6 is 12.4 Å². The summed E-state index contributed by atoms with van der Waals surface area (Å²) in [6.45, 7) is 1.67. The molecule has 1 aliphatic heterocycles. The highest BCUT2D eigenvalue weighted by Crippen LogP contribution is 2.19. The number of aromatic nitrogens is 2. The first-order chi connectivity index (χ1) is 10.3. The predicted molar refractivity (Wildman–Crippen MR) is 84.8 cm³/mol. The fourth-order valence-electron chi connectivity index (χ4n) is 2.33. The zero-order chi connectivity index (χ0) is 14.7. The Kier molecular flexibility index (Phi) is 5.41. The van der Waals surface area contributed by atoms with Crippen LogP contribution in [0.3, 0.4) is 0 Å². The van der Waals surface area contributed by atoms with Crippen LogP contribution < -0.4 is 20.3 Å². The number of methoxy groups -OCH3 is 1. The van der Waals surface area contributed by atoms with Gasteiger partial charge in [0.05, 0.1) is 12.8 Å². The largest absolute Gasteiger partial charge is 0.497 e. The number of rotatable bonds is 4. The topological polar surface area (TPSA) is 76.2 Å². The third-order valence-electron chi connectivity index (χ3n) is 3.41. The first kappa shape index (κ1) is 16.3. The smallest absolute Gasteiger partial charge is 0.254 e. The maximum Gasteiger partial charge on any atom is 0.254 e. The summed E-state index contributed by atoms with van der Waals surface area (Å²) in [5.41, 5.74) is 1.53. The molecule has 0 amide bonds. The summed E-state index contributed by atoms with van der Waals surface area (Å²) < 4.78 is 10.8. The van der Waals surface area contributed by atoms with E-state index in [0.29, 0.717) is 24.5 Å². The number of fused-ring (bicyclic) bond motifs is 1. The standard InChI is InChI=1S/C15H17N3O3.ClH/c1-20-10-3-2-4-11(7-10)21-9-14-17-13-8-16-6-5-12(13)15(19)18-14;/h2-4,7,16H,5-6,8-9H2,1H3,(H,17,18,19);1H. The lowest BCUT2D eigenvalue weighted by molar-refractivity contribution is 0.292. The molecule has 1 aromatic carbocycles. The molecule has 0 atom stereocenters. The Bertz CT molecular complexity index is 703. The van der Waals surface area contributed by atoms with Gasteiger partial charge in [0.2, 0.25) is 0 Å². The molecule has 0 radical (unpaired) electrons. The molecule has 0 fully saturated rings. The van der Waals surface area contributed by atoms with Crippen molar-refractivity contribution in [1.82, 2.24) is 15.3 Å². The molecule has 22 heavy (non-hydrogen) atoms. The number of nitrogens with one attached hydrogen (secondary N) is 2. The van der Waals surface area contributed by atoms with Crippen LogP contribution in [-0.2, 0) is 19.6 Å². The Hall–Kier alpha value is -2.05. The fourth-order valence-corrected chi connectivity index (χ4v) is 2.33. The van der Waals surface area contributed by atoms with Gasteiger partial charge in [0.25, 0.3) is 5.56 Å². The second-order valence-electron chi connectivity index (χ2n) is 4.83. The van der Waals surface area contributed by atoms with E-state index in [0.717, 1.165) is 23.6 Å².